The van der Waals surface area contributed by atoms with Crippen LogP contribution < -0.4 is 4.74 Å². The summed E-state index contributed by atoms with van der Waals surface area (Å²) in [5.41, 5.74) is 0.302. The summed E-state index contributed by atoms with van der Waals surface area (Å²) in [4.78, 5) is 14.5. The van der Waals surface area contributed by atoms with Gasteiger partial charge in [0, 0.05) is 12.3 Å². The summed E-state index contributed by atoms with van der Waals surface area (Å²) in [6.07, 6.45) is 5.01. The number of nitro groups is 1. The minimum Gasteiger partial charge on any atom is -0.476 e. The van der Waals surface area contributed by atoms with Crippen LogP contribution in [0.3, 0.4) is 0 Å². The number of methoxy groups -OCH3 is 1. The first-order valence-electron chi connectivity index (χ1n) is 5.13. The highest BCUT2D eigenvalue weighted by atomic mass is 79.9. The molecule has 18 heavy (non-hydrogen) atoms. The Labute approximate surface area is 114 Å². The molecule has 0 spiro atoms. The van der Waals surface area contributed by atoms with Crippen molar-refractivity contribution in [2.45, 2.75) is 0 Å². The van der Waals surface area contributed by atoms with Crippen LogP contribution in [0.4, 0.5) is 5.69 Å². The molecule has 1 aromatic rings. The number of quaternary nitrogens is 1. The third kappa shape index (κ3) is 3.51. The fraction of sp³-hybridized carbons (Fsp3) is 0.364. The molecular formula is C11H15BrN3O3+. The summed E-state index contributed by atoms with van der Waals surface area (Å²) in [6, 6.07) is 0. The van der Waals surface area contributed by atoms with E-state index in [2.05, 4.69) is 20.9 Å². The number of aromatic nitrogens is 1. The van der Waals surface area contributed by atoms with Crippen LogP contribution in [-0.2, 0) is 0 Å². The van der Waals surface area contributed by atoms with Gasteiger partial charge in [0.25, 0.3) is 5.88 Å². The second-order valence-electron chi connectivity index (χ2n) is 4.57. The third-order valence-electron chi connectivity index (χ3n) is 2.07. The van der Waals surface area contributed by atoms with E-state index in [1.165, 1.54) is 13.3 Å². The Morgan fingerprint density at radius 2 is 2.11 bits per heavy atom. The van der Waals surface area contributed by atoms with Crippen LogP contribution in [0.2, 0.25) is 0 Å². The number of pyridine rings is 1. The van der Waals surface area contributed by atoms with Crippen LogP contribution in [0.5, 0.6) is 5.88 Å². The molecule has 0 N–H and O–H groups in total. The van der Waals surface area contributed by atoms with Gasteiger partial charge in [-0.25, -0.2) is 4.98 Å². The number of ether oxygens (including phenoxy) is 1. The van der Waals surface area contributed by atoms with Crippen molar-refractivity contribution in [2.24, 2.45) is 0 Å². The summed E-state index contributed by atoms with van der Waals surface area (Å²) < 4.78 is 6.03. The van der Waals surface area contributed by atoms with Gasteiger partial charge in [0.15, 0.2) is 0 Å². The molecule has 1 aromatic heterocycles. The van der Waals surface area contributed by atoms with E-state index in [1.54, 1.807) is 6.08 Å². The van der Waals surface area contributed by atoms with Crippen LogP contribution in [-0.4, -0.2) is 42.6 Å². The standard InChI is InChI=1S/C11H15BrN3O3/c1-15(2,3)6-5-8-9(12)7-13-11(18-4)10(8)14(16)17/h5-7H,1-4H3/q+1/b6-5+. The average Bonchev–Trinajstić information content (AvgIpc) is 2.25. The molecule has 0 aliphatic rings. The van der Waals surface area contributed by atoms with Crippen molar-refractivity contribution in [1.29, 1.82) is 0 Å². The average molecular weight is 317 g/mol. The molecule has 0 amide bonds. The number of rotatable bonds is 4. The maximum absolute atomic E-state index is 11.1. The molecular weight excluding hydrogens is 302 g/mol. The number of hydrogen-bond donors (Lipinski definition) is 0. The van der Waals surface area contributed by atoms with Crippen molar-refractivity contribution < 1.29 is 14.1 Å². The van der Waals surface area contributed by atoms with Gasteiger partial charge in [-0.1, -0.05) is 0 Å². The Hall–Kier alpha value is -1.47. The molecule has 1 heterocycles. The lowest BCUT2D eigenvalue weighted by molar-refractivity contribution is -0.816. The van der Waals surface area contributed by atoms with E-state index in [0.717, 1.165) is 0 Å². The minimum atomic E-state index is -0.494. The highest BCUT2D eigenvalue weighted by Gasteiger charge is 2.24. The lowest BCUT2D eigenvalue weighted by Gasteiger charge is -2.17. The first kappa shape index (κ1) is 14.6. The number of halogens is 1. The summed E-state index contributed by atoms with van der Waals surface area (Å²) in [6.45, 7) is 0. The third-order valence-corrected chi connectivity index (χ3v) is 2.71. The van der Waals surface area contributed by atoms with E-state index < -0.39 is 4.92 Å². The van der Waals surface area contributed by atoms with Crippen LogP contribution >= 0.6 is 15.9 Å². The highest BCUT2D eigenvalue weighted by Crippen LogP contribution is 2.34. The lowest BCUT2D eigenvalue weighted by Crippen LogP contribution is -2.26. The van der Waals surface area contributed by atoms with E-state index in [4.69, 9.17) is 4.74 Å². The van der Waals surface area contributed by atoms with E-state index >= 15 is 0 Å². The maximum atomic E-state index is 11.1. The van der Waals surface area contributed by atoms with Crippen LogP contribution in [0.25, 0.3) is 6.08 Å². The Balaban J connectivity index is 3.41. The van der Waals surface area contributed by atoms with E-state index in [1.807, 2.05) is 27.3 Å². The van der Waals surface area contributed by atoms with Gasteiger partial charge in [-0.2, -0.15) is 0 Å². The summed E-state index contributed by atoms with van der Waals surface area (Å²) in [5, 5.41) is 11.1. The summed E-state index contributed by atoms with van der Waals surface area (Å²) in [5.74, 6) is 0.00394. The molecule has 98 valence electrons. The van der Waals surface area contributed by atoms with Gasteiger partial charge >= 0.3 is 5.69 Å². The van der Waals surface area contributed by atoms with Crippen molar-refractivity contribution in [3.05, 3.63) is 32.5 Å². The molecule has 1 rings (SSSR count). The molecule has 0 aromatic carbocycles. The SMILES string of the molecule is COc1ncc(Br)c(/C=C/[N+](C)(C)C)c1[N+](=O)[O-]. The van der Waals surface area contributed by atoms with Crippen LogP contribution in [0, 0.1) is 10.1 Å². The monoisotopic (exact) mass is 316 g/mol. The highest BCUT2D eigenvalue weighted by molar-refractivity contribution is 9.10. The topological polar surface area (TPSA) is 65.3 Å². The second-order valence-corrected chi connectivity index (χ2v) is 5.42. The zero-order chi connectivity index (χ0) is 13.9. The molecule has 6 nitrogen and oxygen atoms in total. The Kier molecular flexibility index (Phi) is 4.42. The number of nitrogens with zero attached hydrogens (tertiary/aromatic N) is 3. The van der Waals surface area contributed by atoms with Gasteiger partial charge in [0.2, 0.25) is 0 Å². The Morgan fingerprint density at radius 1 is 1.50 bits per heavy atom. The van der Waals surface area contributed by atoms with Gasteiger partial charge in [0.1, 0.15) is 0 Å². The Morgan fingerprint density at radius 3 is 2.56 bits per heavy atom. The minimum absolute atomic E-state index is 0.00394. The molecule has 0 radical (unpaired) electrons. The Bertz CT molecular complexity index is 495. The van der Waals surface area contributed by atoms with Crippen molar-refractivity contribution in [3.8, 4) is 5.88 Å². The summed E-state index contributed by atoms with van der Waals surface area (Å²) >= 11 is 3.27. The first-order valence-corrected chi connectivity index (χ1v) is 5.93. The molecule has 0 bridgehead atoms. The van der Waals surface area contributed by atoms with Crippen molar-refractivity contribution >= 4 is 27.7 Å². The van der Waals surface area contributed by atoms with Gasteiger partial charge in [-0.3, -0.25) is 10.1 Å². The molecule has 0 aliphatic heterocycles. The van der Waals surface area contributed by atoms with Crippen molar-refractivity contribution in [1.82, 2.24) is 4.98 Å². The number of hydrogen-bond acceptors (Lipinski definition) is 4. The lowest BCUT2D eigenvalue weighted by atomic mass is 10.2. The first-order chi connectivity index (χ1) is 8.26. The van der Waals surface area contributed by atoms with E-state index in [0.29, 0.717) is 14.5 Å². The zero-order valence-corrected chi connectivity index (χ0v) is 12.3. The molecule has 0 saturated heterocycles. The van der Waals surface area contributed by atoms with Crippen LogP contribution in [0.1, 0.15) is 5.56 Å². The molecule has 0 unspecified atom stereocenters. The molecule has 0 saturated carbocycles. The molecule has 0 fully saturated rings. The quantitative estimate of drug-likeness (QED) is 0.486. The van der Waals surface area contributed by atoms with Gasteiger partial charge in [0.05, 0.1) is 49.4 Å². The largest absolute Gasteiger partial charge is 0.476 e. The second kappa shape index (κ2) is 5.45. The van der Waals surface area contributed by atoms with Gasteiger partial charge in [-0.05, 0) is 15.9 Å². The van der Waals surface area contributed by atoms with Crippen LogP contribution in [0.15, 0.2) is 16.9 Å². The maximum Gasteiger partial charge on any atom is 0.339 e. The fourth-order valence-corrected chi connectivity index (χ4v) is 1.68. The normalized spacial score (nSPS) is 11.8. The van der Waals surface area contributed by atoms with E-state index in [-0.39, 0.29) is 11.6 Å². The van der Waals surface area contributed by atoms with Crippen molar-refractivity contribution in [3.63, 3.8) is 0 Å². The zero-order valence-electron chi connectivity index (χ0n) is 10.7. The molecule has 0 aliphatic carbocycles. The van der Waals surface area contributed by atoms with Gasteiger partial charge < -0.3 is 9.22 Å². The van der Waals surface area contributed by atoms with E-state index in [9.17, 15) is 10.1 Å². The molecule has 0 atom stereocenters. The summed E-state index contributed by atoms with van der Waals surface area (Å²) in [7, 11) is 7.22. The van der Waals surface area contributed by atoms with Gasteiger partial charge in [-0.15, -0.1) is 0 Å². The predicted octanol–water partition coefficient (Wildman–Crippen LogP) is 2.44. The van der Waals surface area contributed by atoms with Crippen molar-refractivity contribution in [2.75, 3.05) is 28.3 Å². The smallest absolute Gasteiger partial charge is 0.339 e. The molecule has 7 heteroatoms. The predicted molar refractivity (Wildman–Crippen MR) is 72.2 cm³/mol. The fourth-order valence-electron chi connectivity index (χ4n) is 1.26.